The Balaban J connectivity index is 0.000000180. The predicted octanol–water partition coefficient (Wildman–Crippen LogP) is 14.6. The minimum absolute atomic E-state index is 0. The normalized spacial score (nSPS) is 12.8. The second-order valence-electron chi connectivity index (χ2n) is 24.7. The molecule has 12 rings (SSSR count). The summed E-state index contributed by atoms with van der Waals surface area (Å²) in [5.74, 6) is 0. The van der Waals surface area contributed by atoms with Crippen molar-refractivity contribution in [2.45, 2.75) is 91.4 Å². The van der Waals surface area contributed by atoms with Gasteiger partial charge in [-0.2, -0.15) is 10.4 Å². The number of halogens is 2. The molecule has 0 bridgehead atoms. The molecule has 2 aliphatic rings. The Morgan fingerprint density at radius 1 is 0.305 bits per heavy atom. The van der Waals surface area contributed by atoms with Crippen LogP contribution in [-0.2, 0) is 48.5 Å². The summed E-state index contributed by atoms with van der Waals surface area (Å²) in [6.45, 7) is 29.3. The molecular formula is C74H80Cl2Si4Zr2-2. The van der Waals surface area contributed by atoms with Gasteiger partial charge in [0.1, 0.15) is 0 Å². The molecule has 0 N–H and O–H groups in total. The van der Waals surface area contributed by atoms with Crippen LogP contribution in [0.4, 0.5) is 0 Å². The van der Waals surface area contributed by atoms with Crippen LogP contribution in [0.15, 0.2) is 263 Å². The molecule has 0 aliphatic heterocycles. The van der Waals surface area contributed by atoms with E-state index in [0.29, 0.717) is 0 Å². The number of rotatable bonds is 8. The second kappa shape index (κ2) is 31.5. The van der Waals surface area contributed by atoms with Gasteiger partial charge in [-0.15, -0.1) is 92.3 Å². The van der Waals surface area contributed by atoms with Gasteiger partial charge in [0.25, 0.3) is 0 Å². The smallest absolute Gasteiger partial charge is 0.0771 e. The maximum atomic E-state index is 3.41. The van der Waals surface area contributed by atoms with E-state index < -0.39 is 32.3 Å². The van der Waals surface area contributed by atoms with Gasteiger partial charge in [-0.3, -0.25) is 12.2 Å². The second-order valence-corrected chi connectivity index (χ2v) is 47.4. The van der Waals surface area contributed by atoms with Crippen molar-refractivity contribution >= 4 is 81.8 Å². The van der Waals surface area contributed by atoms with Crippen molar-refractivity contribution in [1.82, 2.24) is 0 Å². The summed E-state index contributed by atoms with van der Waals surface area (Å²) in [7, 11) is -4.35. The Hall–Kier alpha value is -4.59. The van der Waals surface area contributed by atoms with Crippen LogP contribution in [0.2, 0.25) is 78.6 Å². The largest absolute Gasteiger partial charge is 0.126 e. The van der Waals surface area contributed by atoms with Crippen molar-refractivity contribution in [2.24, 2.45) is 0 Å². The van der Waals surface area contributed by atoms with Gasteiger partial charge in [0, 0.05) is 0 Å². The third-order valence-corrected chi connectivity index (χ3v) is 26.4. The van der Waals surface area contributed by atoms with Crippen molar-refractivity contribution < 1.29 is 73.3 Å². The van der Waals surface area contributed by atoms with Crippen LogP contribution in [0.3, 0.4) is 0 Å². The number of hydrogen-bond acceptors (Lipinski definition) is 0. The molecule has 0 amide bonds. The molecule has 0 radical (unpaired) electrons. The Labute approximate surface area is 538 Å². The van der Waals surface area contributed by atoms with E-state index in [1.165, 1.54) is 120 Å². The first-order chi connectivity index (χ1) is 38.1. The fourth-order valence-corrected chi connectivity index (χ4v) is 22.3. The van der Waals surface area contributed by atoms with Gasteiger partial charge in [0.15, 0.2) is 0 Å². The molecule has 0 fully saturated rings. The Kier molecular flexibility index (Phi) is 26.2. The number of fused-ring (bicyclic) bond motifs is 6. The number of allylic oxidation sites excluding steroid dienone is 8. The van der Waals surface area contributed by atoms with Crippen molar-refractivity contribution in [3.8, 4) is 0 Å². The molecule has 0 spiro atoms. The molecule has 416 valence electrons. The predicted molar refractivity (Wildman–Crippen MR) is 359 cm³/mol. The van der Waals surface area contributed by atoms with Crippen LogP contribution in [0.25, 0.3) is 43.1 Å². The van der Waals surface area contributed by atoms with Crippen molar-refractivity contribution in [2.75, 3.05) is 0 Å². The molecule has 0 atom stereocenters. The van der Waals surface area contributed by atoms with Gasteiger partial charge < -0.3 is 24.8 Å². The standard InChI is InChI=1S/2C13H9.2C13H10.2C11H21Si2.2ClH.2Zr/c2*1-3-7-12-10(5-1)9-11-6-2-4-8-13(11)12;2*1-3-7-12(8-4-1)11-13-9-5-2-6-10-13;2*1-12(2,3)10-8-7-9-11(10)13(4,5)6;;;;/h2*1-9H;2*1-10H;2*8H,9H2,1-6H3;2*1H;;/q2*-1;;;2*-1;;;2*+2/p-2. The minimum atomic E-state index is -1.10. The summed E-state index contributed by atoms with van der Waals surface area (Å²) in [5.41, 5.74) is 5.32. The third kappa shape index (κ3) is 19.2. The monoisotopic (exact) mass is 1330 g/mol. The Bertz CT molecular complexity index is 3330. The van der Waals surface area contributed by atoms with E-state index in [2.05, 4.69) is 333 Å². The van der Waals surface area contributed by atoms with Gasteiger partial charge in [0.2, 0.25) is 0 Å². The molecule has 0 aromatic heterocycles. The van der Waals surface area contributed by atoms with Gasteiger partial charge in [-0.05, 0) is 16.1 Å². The van der Waals surface area contributed by atoms with Crippen LogP contribution >= 0.6 is 0 Å². The van der Waals surface area contributed by atoms with Gasteiger partial charge >= 0.3 is 198 Å². The number of hydrogen-bond donors (Lipinski definition) is 0. The first kappa shape index (κ1) is 68.2. The van der Waals surface area contributed by atoms with Gasteiger partial charge in [0.05, 0.1) is 16.1 Å². The zero-order chi connectivity index (χ0) is 57.5. The molecule has 0 saturated heterocycles. The molecular weight excluding hydrogens is 1250 g/mol. The topological polar surface area (TPSA) is 0 Å². The first-order valence-electron chi connectivity index (χ1n) is 28.2. The van der Waals surface area contributed by atoms with Crippen molar-refractivity contribution in [3.05, 3.63) is 298 Å². The quantitative estimate of drug-likeness (QED) is 0.105. The summed E-state index contributed by atoms with van der Waals surface area (Å²) < 4.78 is 2.83. The van der Waals surface area contributed by atoms with Crippen LogP contribution in [-0.4, -0.2) is 38.7 Å². The van der Waals surface area contributed by atoms with Crippen molar-refractivity contribution in [1.29, 1.82) is 0 Å². The summed E-state index contributed by atoms with van der Waals surface area (Å²) in [5, 5.41) is 17.7. The van der Waals surface area contributed by atoms with E-state index in [0.717, 1.165) is 12.8 Å². The summed E-state index contributed by atoms with van der Waals surface area (Å²) >= 11 is 2.92. The van der Waals surface area contributed by atoms with Crippen LogP contribution in [0.1, 0.15) is 35.1 Å². The fraction of sp³-hybridized carbons (Fsp3) is 0.189. The van der Waals surface area contributed by atoms with E-state index in [-0.39, 0.29) is 24.8 Å². The zero-order valence-corrected chi connectivity index (χ0v) is 60.7. The summed E-state index contributed by atoms with van der Waals surface area (Å²) in [6, 6.07) is 80.8. The van der Waals surface area contributed by atoms with Gasteiger partial charge in [-0.25, -0.2) is 22.5 Å². The van der Waals surface area contributed by atoms with E-state index in [9.17, 15) is 0 Å². The third-order valence-electron chi connectivity index (χ3n) is 14.4. The van der Waals surface area contributed by atoms with E-state index in [4.69, 9.17) is 0 Å². The Morgan fingerprint density at radius 3 is 0.707 bits per heavy atom. The van der Waals surface area contributed by atoms with E-state index in [1.54, 1.807) is 20.8 Å². The number of benzene rings is 8. The molecule has 0 saturated carbocycles. The van der Waals surface area contributed by atoms with Gasteiger partial charge in [-0.1, -0.05) is 151 Å². The zero-order valence-electron chi connectivity index (χ0n) is 50.3. The van der Waals surface area contributed by atoms with Crippen LogP contribution < -0.4 is 24.8 Å². The summed E-state index contributed by atoms with van der Waals surface area (Å²) in [6.07, 6.45) is 13.6. The van der Waals surface area contributed by atoms with E-state index >= 15 is 0 Å². The maximum Gasteiger partial charge on any atom is -0.0771 e. The maximum absolute atomic E-state index is 3.41. The molecule has 0 heterocycles. The molecule has 82 heavy (non-hydrogen) atoms. The summed E-state index contributed by atoms with van der Waals surface area (Å²) in [4.78, 5) is 0. The van der Waals surface area contributed by atoms with E-state index in [1.807, 2.05) is 0 Å². The average molecular weight is 1340 g/mol. The fourth-order valence-electron chi connectivity index (χ4n) is 10.1. The van der Waals surface area contributed by atoms with Crippen LogP contribution in [0.5, 0.6) is 0 Å². The SMILES string of the molecule is C[Si](C)(C)C1=C([Si](C)(C)C)C[C-]=C1.C[Si](C)(C)C1=C([Si](C)(C)C)C[C-]=C1.[Cl-].[Cl-].[Zr+2]=[C](c1ccccc1)c1ccccc1.[Zr+2]=[C](c1ccccc1)c1ccccc1.c1ccc2c(c1)[cH-]c1ccccc12.c1ccc2c(c1)[cH-]c1ccccc12. The van der Waals surface area contributed by atoms with Crippen molar-refractivity contribution in [3.63, 3.8) is 0 Å². The first-order valence-corrected chi connectivity index (χ1v) is 44.6. The average Bonchev–Trinajstić information content (AvgIpc) is 4.47. The molecule has 10 aromatic rings. The van der Waals surface area contributed by atoms with Crippen LogP contribution in [0, 0.1) is 12.2 Å². The minimum Gasteiger partial charge on any atom is -0.126 e. The molecule has 8 heteroatoms. The molecule has 10 aromatic carbocycles. The Morgan fingerprint density at radius 2 is 0.512 bits per heavy atom. The molecule has 0 unspecified atom stereocenters. The molecule has 0 nitrogen and oxygen atoms in total. The molecule has 2 aliphatic carbocycles.